The van der Waals surface area contributed by atoms with Crippen LogP contribution in [0.25, 0.3) is 0 Å². The van der Waals surface area contributed by atoms with Gasteiger partial charge in [-0.1, -0.05) is 44.2 Å². The largest absolute Gasteiger partial charge is 0.345 e. The van der Waals surface area contributed by atoms with Gasteiger partial charge in [0.25, 0.3) is 0 Å². The van der Waals surface area contributed by atoms with E-state index in [2.05, 4.69) is 5.32 Å². The van der Waals surface area contributed by atoms with Gasteiger partial charge >= 0.3 is 0 Å². The lowest BCUT2D eigenvalue weighted by Crippen LogP contribution is -2.44. The van der Waals surface area contributed by atoms with Gasteiger partial charge in [-0.15, -0.1) is 11.8 Å². The number of hydrogen-bond acceptors (Lipinski definition) is 3. The Labute approximate surface area is 119 Å². The molecular formula is C15H21NO2S. The smallest absolute Gasteiger partial charge is 0.230 e. The van der Waals surface area contributed by atoms with Crippen LogP contribution < -0.4 is 5.32 Å². The maximum Gasteiger partial charge on any atom is 0.230 e. The van der Waals surface area contributed by atoms with Crippen LogP contribution in [0.15, 0.2) is 30.3 Å². The minimum Gasteiger partial charge on any atom is -0.345 e. The summed E-state index contributed by atoms with van der Waals surface area (Å²) in [5, 5.41) is 2.79. The third kappa shape index (κ3) is 5.92. The molecule has 0 aliphatic heterocycles. The molecule has 0 spiro atoms. The van der Waals surface area contributed by atoms with Crippen LogP contribution in [0.5, 0.6) is 0 Å². The van der Waals surface area contributed by atoms with Gasteiger partial charge in [0.15, 0.2) is 5.78 Å². The first-order chi connectivity index (χ1) is 9.00. The van der Waals surface area contributed by atoms with Gasteiger partial charge in [0.1, 0.15) is 0 Å². The number of thioether (sulfide) groups is 1. The molecule has 0 saturated heterocycles. The number of rotatable bonds is 7. The highest BCUT2D eigenvalue weighted by Gasteiger charge is 2.20. The van der Waals surface area contributed by atoms with Crippen molar-refractivity contribution in [3.8, 4) is 0 Å². The van der Waals surface area contributed by atoms with E-state index in [1.165, 1.54) is 12.5 Å². The number of carbonyl (C=O) groups excluding carboxylic acids is 2. The van der Waals surface area contributed by atoms with E-state index < -0.39 is 0 Å². The monoisotopic (exact) mass is 279 g/mol. The summed E-state index contributed by atoms with van der Waals surface area (Å²) >= 11 is 1.56. The Bertz CT molecular complexity index is 417. The number of benzene rings is 1. The molecular weight excluding hydrogens is 258 g/mol. The fourth-order valence-corrected chi connectivity index (χ4v) is 2.59. The van der Waals surface area contributed by atoms with Gasteiger partial charge in [-0.25, -0.2) is 0 Å². The molecule has 0 radical (unpaired) electrons. The van der Waals surface area contributed by atoms with E-state index in [0.29, 0.717) is 5.75 Å². The zero-order chi connectivity index (χ0) is 14.3. The number of hydrogen-bond donors (Lipinski definition) is 1. The third-order valence-corrected chi connectivity index (χ3v) is 3.77. The molecule has 1 unspecified atom stereocenters. The first-order valence-corrected chi connectivity index (χ1v) is 7.57. The summed E-state index contributed by atoms with van der Waals surface area (Å²) < 4.78 is 0. The molecule has 1 aromatic rings. The van der Waals surface area contributed by atoms with Crippen molar-refractivity contribution >= 4 is 23.5 Å². The van der Waals surface area contributed by atoms with E-state index >= 15 is 0 Å². The summed E-state index contributed by atoms with van der Waals surface area (Å²) in [5.74, 6) is 1.25. The lowest BCUT2D eigenvalue weighted by atomic mass is 10.0. The Morgan fingerprint density at radius 3 is 2.37 bits per heavy atom. The van der Waals surface area contributed by atoms with Crippen molar-refractivity contribution in [3.63, 3.8) is 0 Å². The van der Waals surface area contributed by atoms with E-state index in [4.69, 9.17) is 0 Å². The molecule has 0 bridgehead atoms. The average molecular weight is 279 g/mol. The van der Waals surface area contributed by atoms with E-state index in [1.54, 1.807) is 11.8 Å². The highest BCUT2D eigenvalue weighted by Crippen LogP contribution is 2.11. The summed E-state index contributed by atoms with van der Waals surface area (Å²) in [6, 6.07) is 9.65. The molecule has 3 nitrogen and oxygen atoms in total. The molecule has 0 saturated carbocycles. The summed E-state index contributed by atoms with van der Waals surface area (Å²) in [5.41, 5.74) is 1.20. The Hall–Kier alpha value is -1.29. The van der Waals surface area contributed by atoms with E-state index in [0.717, 1.165) is 5.75 Å². The normalized spacial score (nSPS) is 12.2. The van der Waals surface area contributed by atoms with Crippen LogP contribution in [0.4, 0.5) is 0 Å². The molecule has 1 rings (SSSR count). The van der Waals surface area contributed by atoms with E-state index in [-0.39, 0.29) is 23.7 Å². The Morgan fingerprint density at radius 2 is 1.84 bits per heavy atom. The van der Waals surface area contributed by atoms with Crippen LogP contribution in [0.3, 0.4) is 0 Å². The molecule has 0 fully saturated rings. The molecule has 19 heavy (non-hydrogen) atoms. The average Bonchev–Trinajstić information content (AvgIpc) is 2.36. The second kappa shape index (κ2) is 8.00. The van der Waals surface area contributed by atoms with Crippen LogP contribution in [-0.4, -0.2) is 23.5 Å². The predicted molar refractivity (Wildman–Crippen MR) is 80.1 cm³/mol. The molecule has 0 aliphatic rings. The molecule has 4 heteroatoms. The lowest BCUT2D eigenvalue weighted by Gasteiger charge is -2.19. The topological polar surface area (TPSA) is 46.2 Å². The molecule has 0 heterocycles. The summed E-state index contributed by atoms with van der Waals surface area (Å²) in [7, 11) is 0. The summed E-state index contributed by atoms with van der Waals surface area (Å²) in [6.07, 6.45) is 0. The van der Waals surface area contributed by atoms with Crippen LogP contribution in [-0.2, 0) is 15.3 Å². The number of ketones is 1. The Morgan fingerprint density at radius 1 is 1.21 bits per heavy atom. The number of Topliss-reactive ketones (excluding diaryl/α,β-unsaturated/α-hetero) is 1. The van der Waals surface area contributed by atoms with Crippen molar-refractivity contribution in [2.45, 2.75) is 32.6 Å². The SMILES string of the molecule is CC(=O)C(NC(=O)CSCc1ccccc1)C(C)C. The number of amides is 1. The second-order valence-corrected chi connectivity index (χ2v) is 5.86. The zero-order valence-electron chi connectivity index (χ0n) is 11.7. The minimum atomic E-state index is -0.371. The maximum atomic E-state index is 11.8. The van der Waals surface area contributed by atoms with E-state index in [9.17, 15) is 9.59 Å². The molecule has 0 aliphatic carbocycles. The number of nitrogens with one attached hydrogen (secondary N) is 1. The van der Waals surface area contributed by atoms with Crippen molar-refractivity contribution in [1.29, 1.82) is 0 Å². The molecule has 1 N–H and O–H groups in total. The van der Waals surface area contributed by atoms with E-state index in [1.807, 2.05) is 44.2 Å². The van der Waals surface area contributed by atoms with Gasteiger partial charge in [-0.2, -0.15) is 0 Å². The molecule has 0 aromatic heterocycles. The van der Waals surface area contributed by atoms with Crippen molar-refractivity contribution in [2.24, 2.45) is 5.92 Å². The van der Waals surface area contributed by atoms with Gasteiger partial charge < -0.3 is 5.32 Å². The Balaban J connectivity index is 2.33. The van der Waals surface area contributed by atoms with Crippen LogP contribution in [0.2, 0.25) is 0 Å². The Kier molecular flexibility index (Phi) is 6.64. The highest BCUT2D eigenvalue weighted by atomic mass is 32.2. The van der Waals surface area contributed by atoms with Gasteiger partial charge in [0.2, 0.25) is 5.91 Å². The van der Waals surface area contributed by atoms with Gasteiger partial charge in [-0.3, -0.25) is 9.59 Å². The lowest BCUT2D eigenvalue weighted by molar-refractivity contribution is -0.126. The number of carbonyl (C=O) groups is 2. The van der Waals surface area contributed by atoms with Gasteiger partial charge in [0.05, 0.1) is 11.8 Å². The van der Waals surface area contributed by atoms with Crippen molar-refractivity contribution in [2.75, 3.05) is 5.75 Å². The highest BCUT2D eigenvalue weighted by molar-refractivity contribution is 7.99. The second-order valence-electron chi connectivity index (χ2n) is 4.88. The molecule has 1 atom stereocenters. The summed E-state index contributed by atoms with van der Waals surface area (Å²) in [4.78, 5) is 23.2. The molecule has 1 amide bonds. The predicted octanol–water partition coefficient (Wildman–Crippen LogP) is 2.65. The first-order valence-electron chi connectivity index (χ1n) is 6.42. The van der Waals surface area contributed by atoms with Crippen LogP contribution >= 0.6 is 11.8 Å². The van der Waals surface area contributed by atoms with Crippen molar-refractivity contribution in [1.82, 2.24) is 5.32 Å². The van der Waals surface area contributed by atoms with Crippen LogP contribution in [0, 0.1) is 5.92 Å². The van der Waals surface area contributed by atoms with Gasteiger partial charge in [-0.05, 0) is 18.4 Å². The van der Waals surface area contributed by atoms with Crippen LogP contribution in [0.1, 0.15) is 26.3 Å². The van der Waals surface area contributed by atoms with Crippen molar-refractivity contribution < 1.29 is 9.59 Å². The molecule has 104 valence electrons. The summed E-state index contributed by atoms with van der Waals surface area (Å²) in [6.45, 7) is 5.38. The maximum absolute atomic E-state index is 11.8. The molecule has 1 aromatic carbocycles. The fraction of sp³-hybridized carbons (Fsp3) is 0.467. The minimum absolute atomic E-state index is 0.0106. The standard InChI is InChI=1S/C15H21NO2S/c1-11(2)15(12(3)17)16-14(18)10-19-9-13-7-5-4-6-8-13/h4-8,11,15H,9-10H2,1-3H3,(H,16,18). The zero-order valence-corrected chi connectivity index (χ0v) is 12.5. The van der Waals surface area contributed by atoms with Gasteiger partial charge in [0, 0.05) is 5.75 Å². The quantitative estimate of drug-likeness (QED) is 0.834. The fourth-order valence-electron chi connectivity index (χ4n) is 1.79. The first kappa shape index (κ1) is 15.8. The third-order valence-electron chi connectivity index (χ3n) is 2.77. The van der Waals surface area contributed by atoms with Crippen molar-refractivity contribution in [3.05, 3.63) is 35.9 Å².